The number of rotatable bonds is 2. The smallest absolute Gasteiger partial charge is 0.134 e. The predicted octanol–water partition coefficient (Wildman–Crippen LogP) is 2.86. The van der Waals surface area contributed by atoms with Gasteiger partial charge in [-0.1, -0.05) is 23.4 Å². The zero-order chi connectivity index (χ0) is 10.7. The van der Waals surface area contributed by atoms with Gasteiger partial charge in [0, 0.05) is 11.6 Å². The lowest BCUT2D eigenvalue weighted by molar-refractivity contribution is 0.396. The SMILES string of the molecule is Cc1cc(/C=C/c2ccccc2O)no1. The van der Waals surface area contributed by atoms with Gasteiger partial charge in [0.1, 0.15) is 17.2 Å². The van der Waals surface area contributed by atoms with Crippen LogP contribution in [0.4, 0.5) is 0 Å². The Balaban J connectivity index is 2.22. The van der Waals surface area contributed by atoms with E-state index in [0.717, 1.165) is 17.0 Å². The number of hydrogen-bond acceptors (Lipinski definition) is 3. The van der Waals surface area contributed by atoms with E-state index in [9.17, 15) is 5.11 Å². The number of para-hydroxylation sites is 1. The van der Waals surface area contributed by atoms with Crippen LogP contribution in [0.15, 0.2) is 34.9 Å². The minimum absolute atomic E-state index is 0.258. The summed E-state index contributed by atoms with van der Waals surface area (Å²) in [5, 5.41) is 13.3. The lowest BCUT2D eigenvalue weighted by atomic mass is 10.2. The second-order valence-electron chi connectivity index (χ2n) is 3.25. The minimum atomic E-state index is 0.258. The Morgan fingerprint density at radius 1 is 1.27 bits per heavy atom. The van der Waals surface area contributed by atoms with Crippen molar-refractivity contribution in [3.8, 4) is 5.75 Å². The maximum absolute atomic E-state index is 9.50. The van der Waals surface area contributed by atoms with Gasteiger partial charge in [-0.05, 0) is 25.1 Å². The fraction of sp³-hybridized carbons (Fsp3) is 0.0833. The number of aromatic nitrogens is 1. The van der Waals surface area contributed by atoms with Gasteiger partial charge in [-0.2, -0.15) is 0 Å². The number of phenols is 1. The maximum Gasteiger partial charge on any atom is 0.134 e. The van der Waals surface area contributed by atoms with Crippen molar-refractivity contribution in [2.45, 2.75) is 6.92 Å². The molecular weight excluding hydrogens is 190 g/mol. The molecule has 1 heterocycles. The molecule has 2 aromatic rings. The maximum atomic E-state index is 9.50. The van der Waals surface area contributed by atoms with Gasteiger partial charge >= 0.3 is 0 Å². The predicted molar refractivity (Wildman–Crippen MR) is 58.3 cm³/mol. The molecule has 0 atom stereocenters. The van der Waals surface area contributed by atoms with Crippen LogP contribution in [0.1, 0.15) is 17.0 Å². The van der Waals surface area contributed by atoms with Crippen molar-refractivity contribution >= 4 is 12.2 Å². The van der Waals surface area contributed by atoms with Gasteiger partial charge in [0.05, 0.1) is 0 Å². The van der Waals surface area contributed by atoms with Crippen LogP contribution < -0.4 is 0 Å². The van der Waals surface area contributed by atoms with Crippen molar-refractivity contribution in [3.63, 3.8) is 0 Å². The number of nitrogens with zero attached hydrogens (tertiary/aromatic N) is 1. The zero-order valence-corrected chi connectivity index (χ0v) is 8.34. The molecule has 1 aromatic carbocycles. The summed E-state index contributed by atoms with van der Waals surface area (Å²) in [5.74, 6) is 1.03. The van der Waals surface area contributed by atoms with Gasteiger partial charge in [-0.15, -0.1) is 0 Å². The Hall–Kier alpha value is -2.03. The Bertz CT molecular complexity index is 486. The Morgan fingerprint density at radius 3 is 2.73 bits per heavy atom. The van der Waals surface area contributed by atoms with Crippen LogP contribution in [-0.2, 0) is 0 Å². The van der Waals surface area contributed by atoms with E-state index in [1.165, 1.54) is 0 Å². The molecule has 76 valence electrons. The number of aryl methyl sites for hydroxylation is 1. The average Bonchev–Trinajstić information content (AvgIpc) is 2.63. The van der Waals surface area contributed by atoms with Gasteiger partial charge in [0.15, 0.2) is 0 Å². The van der Waals surface area contributed by atoms with Crippen LogP contribution in [-0.4, -0.2) is 10.3 Å². The molecule has 0 bridgehead atoms. The van der Waals surface area contributed by atoms with E-state index in [1.54, 1.807) is 24.3 Å². The Kier molecular flexibility index (Phi) is 2.54. The van der Waals surface area contributed by atoms with Crippen LogP contribution >= 0.6 is 0 Å². The van der Waals surface area contributed by atoms with Crippen molar-refractivity contribution < 1.29 is 9.63 Å². The van der Waals surface area contributed by atoms with E-state index in [1.807, 2.05) is 25.1 Å². The first-order chi connectivity index (χ1) is 7.25. The third-order valence-electron chi connectivity index (χ3n) is 2.02. The molecule has 0 fully saturated rings. The molecule has 15 heavy (non-hydrogen) atoms. The van der Waals surface area contributed by atoms with Crippen molar-refractivity contribution in [3.05, 3.63) is 47.3 Å². The lowest BCUT2D eigenvalue weighted by Gasteiger charge is -1.95. The van der Waals surface area contributed by atoms with E-state index in [2.05, 4.69) is 5.16 Å². The lowest BCUT2D eigenvalue weighted by Crippen LogP contribution is -1.73. The summed E-state index contributed by atoms with van der Waals surface area (Å²) >= 11 is 0. The fourth-order valence-corrected chi connectivity index (χ4v) is 1.27. The molecule has 0 aliphatic heterocycles. The van der Waals surface area contributed by atoms with Crippen molar-refractivity contribution in [2.75, 3.05) is 0 Å². The molecule has 0 unspecified atom stereocenters. The highest BCUT2D eigenvalue weighted by molar-refractivity contribution is 5.70. The van der Waals surface area contributed by atoms with Gasteiger partial charge in [-0.3, -0.25) is 0 Å². The quantitative estimate of drug-likeness (QED) is 0.812. The number of aromatic hydroxyl groups is 1. The average molecular weight is 201 g/mol. The largest absolute Gasteiger partial charge is 0.507 e. The normalized spacial score (nSPS) is 11.0. The van der Waals surface area contributed by atoms with E-state index in [-0.39, 0.29) is 5.75 Å². The third-order valence-corrected chi connectivity index (χ3v) is 2.02. The van der Waals surface area contributed by atoms with E-state index in [4.69, 9.17) is 4.52 Å². The molecule has 3 nitrogen and oxygen atoms in total. The van der Waals surface area contributed by atoms with Crippen molar-refractivity contribution in [2.24, 2.45) is 0 Å². The van der Waals surface area contributed by atoms with E-state index >= 15 is 0 Å². The van der Waals surface area contributed by atoms with Crippen LogP contribution in [0.2, 0.25) is 0 Å². The van der Waals surface area contributed by atoms with Crippen molar-refractivity contribution in [1.29, 1.82) is 0 Å². The minimum Gasteiger partial charge on any atom is -0.507 e. The highest BCUT2D eigenvalue weighted by atomic mass is 16.5. The summed E-state index contributed by atoms with van der Waals surface area (Å²) in [5.41, 5.74) is 1.51. The molecule has 3 heteroatoms. The van der Waals surface area contributed by atoms with Gasteiger partial charge < -0.3 is 9.63 Å². The summed E-state index contributed by atoms with van der Waals surface area (Å²) in [6.45, 7) is 1.84. The van der Waals surface area contributed by atoms with Crippen LogP contribution in [0.5, 0.6) is 5.75 Å². The number of benzene rings is 1. The number of phenolic OH excluding ortho intramolecular Hbond substituents is 1. The molecule has 0 aliphatic carbocycles. The second kappa shape index (κ2) is 4.00. The summed E-state index contributed by atoms with van der Waals surface area (Å²) in [6.07, 6.45) is 3.60. The Labute approximate surface area is 87.7 Å². The molecule has 0 radical (unpaired) electrons. The number of hydrogen-bond donors (Lipinski definition) is 1. The standard InChI is InChI=1S/C12H11NO2/c1-9-8-11(13-15-9)7-6-10-4-2-3-5-12(10)14/h2-8,14H,1H3/b7-6+. The first-order valence-corrected chi connectivity index (χ1v) is 4.65. The monoisotopic (exact) mass is 201 g/mol. The summed E-state index contributed by atoms with van der Waals surface area (Å²) < 4.78 is 4.92. The second-order valence-corrected chi connectivity index (χ2v) is 3.25. The van der Waals surface area contributed by atoms with Gasteiger partial charge in [-0.25, -0.2) is 0 Å². The van der Waals surface area contributed by atoms with Crippen molar-refractivity contribution in [1.82, 2.24) is 5.16 Å². The summed E-state index contributed by atoms with van der Waals surface area (Å²) in [4.78, 5) is 0. The highest BCUT2D eigenvalue weighted by Gasteiger charge is 1.97. The van der Waals surface area contributed by atoms with E-state index in [0.29, 0.717) is 0 Å². The first-order valence-electron chi connectivity index (χ1n) is 4.65. The molecule has 2 rings (SSSR count). The molecule has 1 N–H and O–H groups in total. The molecule has 0 spiro atoms. The summed E-state index contributed by atoms with van der Waals surface area (Å²) in [7, 11) is 0. The first kappa shape index (κ1) is 9.52. The fourth-order valence-electron chi connectivity index (χ4n) is 1.27. The molecule has 0 amide bonds. The van der Waals surface area contributed by atoms with Gasteiger partial charge in [0.2, 0.25) is 0 Å². The zero-order valence-electron chi connectivity index (χ0n) is 8.34. The van der Waals surface area contributed by atoms with Crippen LogP contribution in [0.3, 0.4) is 0 Å². The topological polar surface area (TPSA) is 46.3 Å². The molecular formula is C12H11NO2. The molecule has 1 aromatic heterocycles. The van der Waals surface area contributed by atoms with Gasteiger partial charge in [0.25, 0.3) is 0 Å². The highest BCUT2D eigenvalue weighted by Crippen LogP contribution is 2.18. The molecule has 0 saturated heterocycles. The van der Waals surface area contributed by atoms with Crippen LogP contribution in [0, 0.1) is 6.92 Å². The summed E-state index contributed by atoms with van der Waals surface area (Å²) in [6, 6.07) is 8.96. The molecule has 0 aliphatic rings. The molecule has 0 saturated carbocycles. The van der Waals surface area contributed by atoms with E-state index < -0.39 is 0 Å². The van der Waals surface area contributed by atoms with Crippen LogP contribution in [0.25, 0.3) is 12.2 Å². The third kappa shape index (κ3) is 2.26. The Morgan fingerprint density at radius 2 is 2.07 bits per heavy atom.